The molecule has 0 fully saturated rings. The summed E-state index contributed by atoms with van der Waals surface area (Å²) in [6.45, 7) is 4.45. The SMILES string of the molecule is CCCCc1cc(N)ccc1-c1ccc(N)cc1CCCC. The van der Waals surface area contributed by atoms with E-state index in [0.29, 0.717) is 0 Å². The second-order valence-corrected chi connectivity index (χ2v) is 6.04. The third kappa shape index (κ3) is 4.03. The first-order chi connectivity index (χ1) is 10.7. The van der Waals surface area contributed by atoms with Crippen molar-refractivity contribution >= 4 is 11.4 Å². The fraction of sp³-hybridized carbons (Fsp3) is 0.400. The van der Waals surface area contributed by atoms with Gasteiger partial charge in [0.05, 0.1) is 0 Å². The van der Waals surface area contributed by atoms with Gasteiger partial charge in [-0.1, -0.05) is 38.8 Å². The third-order valence-corrected chi connectivity index (χ3v) is 4.15. The lowest BCUT2D eigenvalue weighted by Gasteiger charge is -2.15. The molecule has 0 aliphatic rings. The zero-order chi connectivity index (χ0) is 15.9. The minimum atomic E-state index is 0.848. The Bertz CT molecular complexity index is 562. The summed E-state index contributed by atoms with van der Waals surface area (Å²) in [4.78, 5) is 0. The van der Waals surface area contributed by atoms with Crippen LogP contribution >= 0.6 is 0 Å². The van der Waals surface area contributed by atoms with Crippen molar-refractivity contribution in [1.82, 2.24) is 0 Å². The number of nitrogen functional groups attached to an aromatic ring is 2. The average molecular weight is 296 g/mol. The van der Waals surface area contributed by atoms with E-state index in [-0.39, 0.29) is 0 Å². The molecule has 0 aromatic heterocycles. The normalized spacial score (nSPS) is 10.8. The van der Waals surface area contributed by atoms with Crippen LogP contribution < -0.4 is 11.5 Å². The Kier molecular flexibility index (Phi) is 5.88. The Morgan fingerprint density at radius 2 is 1.09 bits per heavy atom. The minimum absolute atomic E-state index is 0.848. The lowest BCUT2D eigenvalue weighted by molar-refractivity contribution is 0.791. The number of hydrogen-bond donors (Lipinski definition) is 2. The molecule has 0 unspecified atom stereocenters. The summed E-state index contributed by atoms with van der Waals surface area (Å²) in [7, 11) is 0. The summed E-state index contributed by atoms with van der Waals surface area (Å²) in [5, 5.41) is 0. The van der Waals surface area contributed by atoms with Crippen LogP contribution in [0.25, 0.3) is 11.1 Å². The maximum atomic E-state index is 6.00. The van der Waals surface area contributed by atoms with Crippen molar-refractivity contribution < 1.29 is 0 Å². The first kappa shape index (κ1) is 16.4. The highest BCUT2D eigenvalue weighted by molar-refractivity contribution is 5.74. The number of nitrogens with two attached hydrogens (primary N) is 2. The largest absolute Gasteiger partial charge is 0.399 e. The van der Waals surface area contributed by atoms with E-state index in [2.05, 4.69) is 38.1 Å². The van der Waals surface area contributed by atoms with Crippen LogP contribution in [0.4, 0.5) is 11.4 Å². The van der Waals surface area contributed by atoms with E-state index in [0.717, 1.165) is 24.2 Å². The number of unbranched alkanes of at least 4 members (excludes halogenated alkanes) is 2. The standard InChI is InChI=1S/C20H28N2/c1-3-5-7-15-13-17(21)9-11-19(15)20-12-10-18(22)14-16(20)8-6-4-2/h9-14H,3-8,21-22H2,1-2H3. The molecule has 4 N–H and O–H groups in total. The van der Waals surface area contributed by atoms with Crippen molar-refractivity contribution in [2.45, 2.75) is 52.4 Å². The molecule has 22 heavy (non-hydrogen) atoms. The Labute approximate surface area is 134 Å². The van der Waals surface area contributed by atoms with E-state index >= 15 is 0 Å². The Balaban J connectivity index is 2.46. The van der Waals surface area contributed by atoms with Crippen LogP contribution in [-0.2, 0) is 12.8 Å². The summed E-state index contributed by atoms with van der Waals surface area (Å²) in [6.07, 6.45) is 6.92. The van der Waals surface area contributed by atoms with Crippen molar-refractivity contribution in [2.75, 3.05) is 11.5 Å². The molecule has 0 spiro atoms. The molecular weight excluding hydrogens is 268 g/mol. The van der Waals surface area contributed by atoms with E-state index in [9.17, 15) is 0 Å². The molecule has 2 aromatic rings. The molecule has 0 bridgehead atoms. The predicted octanol–water partition coefficient (Wildman–Crippen LogP) is 5.20. The number of rotatable bonds is 7. The van der Waals surface area contributed by atoms with E-state index in [1.54, 1.807) is 0 Å². The predicted molar refractivity (Wildman–Crippen MR) is 97.9 cm³/mol. The first-order valence-electron chi connectivity index (χ1n) is 8.42. The molecule has 0 radical (unpaired) electrons. The Morgan fingerprint density at radius 3 is 1.45 bits per heavy atom. The van der Waals surface area contributed by atoms with Crippen LogP contribution in [0.1, 0.15) is 50.7 Å². The second-order valence-electron chi connectivity index (χ2n) is 6.04. The summed E-state index contributed by atoms with van der Waals surface area (Å²) in [5.74, 6) is 0. The molecule has 0 aliphatic carbocycles. The number of aryl methyl sites for hydroxylation is 2. The quantitative estimate of drug-likeness (QED) is 0.690. The molecule has 0 amide bonds. The molecule has 0 aliphatic heterocycles. The van der Waals surface area contributed by atoms with Crippen LogP contribution in [0, 0.1) is 0 Å². The van der Waals surface area contributed by atoms with Gasteiger partial charge in [-0.15, -0.1) is 0 Å². The lowest BCUT2D eigenvalue weighted by Crippen LogP contribution is -1.98. The molecule has 2 rings (SSSR count). The zero-order valence-electron chi connectivity index (χ0n) is 13.9. The van der Waals surface area contributed by atoms with Crippen LogP contribution in [0.2, 0.25) is 0 Å². The third-order valence-electron chi connectivity index (χ3n) is 4.15. The molecule has 0 heterocycles. The van der Waals surface area contributed by atoms with Crippen LogP contribution in [0.5, 0.6) is 0 Å². The van der Waals surface area contributed by atoms with Gasteiger partial charge in [0.1, 0.15) is 0 Å². The zero-order valence-corrected chi connectivity index (χ0v) is 13.9. The van der Waals surface area contributed by atoms with Crippen LogP contribution in [-0.4, -0.2) is 0 Å². The van der Waals surface area contributed by atoms with Crippen molar-refractivity contribution in [3.63, 3.8) is 0 Å². The molecule has 2 aromatic carbocycles. The van der Waals surface area contributed by atoms with Gasteiger partial charge < -0.3 is 11.5 Å². The van der Waals surface area contributed by atoms with Crippen molar-refractivity contribution in [1.29, 1.82) is 0 Å². The monoisotopic (exact) mass is 296 g/mol. The summed E-state index contributed by atoms with van der Waals surface area (Å²) < 4.78 is 0. The number of hydrogen-bond acceptors (Lipinski definition) is 2. The summed E-state index contributed by atoms with van der Waals surface area (Å²) >= 11 is 0. The van der Waals surface area contributed by atoms with Gasteiger partial charge in [0.2, 0.25) is 0 Å². The number of benzene rings is 2. The van der Waals surface area contributed by atoms with Gasteiger partial charge in [-0.2, -0.15) is 0 Å². The second kappa shape index (κ2) is 7.88. The van der Waals surface area contributed by atoms with Crippen LogP contribution in [0.3, 0.4) is 0 Å². The van der Waals surface area contributed by atoms with Gasteiger partial charge >= 0.3 is 0 Å². The molecular formula is C20H28N2. The lowest BCUT2D eigenvalue weighted by atomic mass is 9.90. The Morgan fingerprint density at radius 1 is 0.682 bits per heavy atom. The van der Waals surface area contributed by atoms with Crippen molar-refractivity contribution in [2.24, 2.45) is 0 Å². The average Bonchev–Trinajstić information content (AvgIpc) is 2.51. The van der Waals surface area contributed by atoms with E-state index in [1.165, 1.54) is 47.9 Å². The Hall–Kier alpha value is -1.96. The highest BCUT2D eigenvalue weighted by Crippen LogP contribution is 2.32. The van der Waals surface area contributed by atoms with Crippen LogP contribution in [0.15, 0.2) is 36.4 Å². The molecule has 0 saturated carbocycles. The van der Waals surface area contributed by atoms with Gasteiger partial charge in [-0.05, 0) is 72.2 Å². The van der Waals surface area contributed by atoms with Gasteiger partial charge in [0.15, 0.2) is 0 Å². The van der Waals surface area contributed by atoms with Crippen molar-refractivity contribution in [3.8, 4) is 11.1 Å². The van der Waals surface area contributed by atoms with E-state index < -0.39 is 0 Å². The van der Waals surface area contributed by atoms with E-state index in [1.807, 2.05) is 12.1 Å². The van der Waals surface area contributed by atoms with Gasteiger partial charge in [-0.25, -0.2) is 0 Å². The van der Waals surface area contributed by atoms with Gasteiger partial charge in [-0.3, -0.25) is 0 Å². The van der Waals surface area contributed by atoms with E-state index in [4.69, 9.17) is 11.5 Å². The minimum Gasteiger partial charge on any atom is -0.399 e. The molecule has 118 valence electrons. The summed E-state index contributed by atoms with van der Waals surface area (Å²) in [5.41, 5.74) is 19.0. The number of anilines is 2. The maximum Gasteiger partial charge on any atom is 0.0317 e. The first-order valence-corrected chi connectivity index (χ1v) is 8.42. The summed E-state index contributed by atoms with van der Waals surface area (Å²) in [6, 6.07) is 12.6. The fourth-order valence-corrected chi connectivity index (χ4v) is 2.90. The highest BCUT2D eigenvalue weighted by Gasteiger charge is 2.10. The molecule has 0 atom stereocenters. The molecule has 0 saturated heterocycles. The molecule has 2 heteroatoms. The van der Waals surface area contributed by atoms with Gasteiger partial charge in [0.25, 0.3) is 0 Å². The van der Waals surface area contributed by atoms with Gasteiger partial charge in [0, 0.05) is 11.4 Å². The molecule has 2 nitrogen and oxygen atoms in total. The topological polar surface area (TPSA) is 52.0 Å². The fourth-order valence-electron chi connectivity index (χ4n) is 2.90. The van der Waals surface area contributed by atoms with Crippen molar-refractivity contribution in [3.05, 3.63) is 47.5 Å². The maximum absolute atomic E-state index is 6.00. The smallest absolute Gasteiger partial charge is 0.0317 e. The highest BCUT2D eigenvalue weighted by atomic mass is 14.5.